The maximum atomic E-state index is 12.0. The molecule has 9 heteroatoms. The van der Waals surface area contributed by atoms with E-state index in [0.29, 0.717) is 45.7 Å². The van der Waals surface area contributed by atoms with Crippen LogP contribution in [0.25, 0.3) is 0 Å². The number of carbonyl (C=O) groups excluding carboxylic acids is 1. The molecule has 1 amide bonds. The molecule has 4 N–H and O–H groups in total. The molecular formula is C17H24BN2O6. The molecule has 141 valence electrons. The predicted octanol–water partition coefficient (Wildman–Crippen LogP) is 0.571. The van der Waals surface area contributed by atoms with E-state index in [9.17, 15) is 14.7 Å². The first kappa shape index (κ1) is 20.1. The van der Waals surface area contributed by atoms with Gasteiger partial charge in [-0.3, -0.25) is 4.79 Å². The second kappa shape index (κ2) is 9.44. The van der Waals surface area contributed by atoms with Crippen molar-refractivity contribution < 1.29 is 29.1 Å². The number of benzene rings is 1. The molecule has 0 bridgehead atoms. The zero-order valence-corrected chi connectivity index (χ0v) is 14.8. The lowest BCUT2D eigenvalue weighted by Crippen LogP contribution is -2.56. The Balaban J connectivity index is 2.03. The summed E-state index contributed by atoms with van der Waals surface area (Å²) >= 11 is 0. The Labute approximate surface area is 153 Å². The van der Waals surface area contributed by atoms with Gasteiger partial charge in [-0.2, -0.15) is 0 Å². The molecule has 0 aliphatic carbocycles. The van der Waals surface area contributed by atoms with E-state index in [0.717, 1.165) is 12.8 Å². The third-order valence-electron chi connectivity index (χ3n) is 4.31. The van der Waals surface area contributed by atoms with Gasteiger partial charge in [-0.25, -0.2) is 4.79 Å². The molecule has 0 spiro atoms. The summed E-state index contributed by atoms with van der Waals surface area (Å²) in [6.07, 6.45) is 2.30. The summed E-state index contributed by atoms with van der Waals surface area (Å²) in [7, 11) is 0.454. The number of likely N-dealkylation sites (tertiary alicyclic amines) is 1. The molecule has 1 saturated heterocycles. The minimum Gasteiger partial charge on any atom is -0.536 e. The summed E-state index contributed by atoms with van der Waals surface area (Å²) in [5.74, 6) is -0.931. The summed E-state index contributed by atoms with van der Waals surface area (Å²) in [5, 5.41) is 18.5. The second-order valence-corrected chi connectivity index (χ2v) is 6.09. The second-order valence-electron chi connectivity index (χ2n) is 6.09. The van der Waals surface area contributed by atoms with Gasteiger partial charge in [0.15, 0.2) is 0 Å². The van der Waals surface area contributed by atoms with E-state index in [-0.39, 0.29) is 29.1 Å². The molecule has 0 atom stereocenters. The molecule has 2 rings (SSSR count). The molecule has 8 nitrogen and oxygen atoms in total. The first-order chi connectivity index (χ1) is 12.5. The third-order valence-corrected chi connectivity index (χ3v) is 4.31. The molecule has 26 heavy (non-hydrogen) atoms. The number of carbonyl (C=O) groups is 2. The minimum atomic E-state index is -1.21. The molecule has 1 heterocycles. The van der Waals surface area contributed by atoms with Gasteiger partial charge >= 0.3 is 13.7 Å². The van der Waals surface area contributed by atoms with Crippen LogP contribution in [0, 0.1) is 0 Å². The van der Waals surface area contributed by atoms with Gasteiger partial charge in [-0.05, 0) is 37.4 Å². The Morgan fingerprint density at radius 1 is 1.35 bits per heavy atom. The zero-order chi connectivity index (χ0) is 19.1. The lowest BCUT2D eigenvalue weighted by atomic mass is 10.0. The Morgan fingerprint density at radius 3 is 2.65 bits per heavy atom. The topological polar surface area (TPSA) is 122 Å². The van der Waals surface area contributed by atoms with Crippen LogP contribution in [-0.2, 0) is 11.2 Å². The van der Waals surface area contributed by atoms with E-state index in [1.54, 1.807) is 17.0 Å². The molecule has 0 unspecified atom stereocenters. The van der Waals surface area contributed by atoms with Gasteiger partial charge in [0.1, 0.15) is 23.2 Å². The van der Waals surface area contributed by atoms with Crippen LogP contribution in [-0.4, -0.2) is 60.3 Å². The number of aromatic carboxylic acids is 1. The Hall–Kier alpha value is -2.26. The fourth-order valence-corrected chi connectivity index (χ4v) is 2.85. The first-order valence-corrected chi connectivity index (χ1v) is 8.68. The quantitative estimate of drug-likeness (QED) is 0.410. The number of ether oxygens (including phenoxy) is 1. The number of hydrogen-bond donors (Lipinski definition) is 3. The normalized spacial score (nSPS) is 13.9. The molecule has 1 fully saturated rings. The fourth-order valence-electron chi connectivity index (χ4n) is 2.85. The summed E-state index contributed by atoms with van der Waals surface area (Å²) in [4.78, 5) is 25.3. The van der Waals surface area contributed by atoms with Crippen LogP contribution in [0.2, 0.25) is 0 Å². The molecule has 1 aliphatic rings. The number of unbranched alkanes of at least 4 members (excludes halogenated alkanes) is 1. The fraction of sp³-hybridized carbons (Fsp3) is 0.529. The van der Waals surface area contributed by atoms with Gasteiger partial charge in [0, 0.05) is 6.42 Å². The Kier molecular flexibility index (Phi) is 7.29. The van der Waals surface area contributed by atoms with E-state index in [1.165, 1.54) is 0 Å². The van der Waals surface area contributed by atoms with Gasteiger partial charge in [0.2, 0.25) is 5.91 Å². The number of amides is 1. The van der Waals surface area contributed by atoms with Crippen molar-refractivity contribution in [3.8, 4) is 11.5 Å². The third kappa shape index (κ3) is 4.67. The summed E-state index contributed by atoms with van der Waals surface area (Å²) < 4.78 is 10.8. The lowest BCUT2D eigenvalue weighted by molar-refractivity contribution is -0.140. The highest BCUT2D eigenvalue weighted by Crippen LogP contribution is 2.34. The summed E-state index contributed by atoms with van der Waals surface area (Å²) in [6.45, 7) is 3.25. The van der Waals surface area contributed by atoms with Crippen LogP contribution in [0.1, 0.15) is 42.1 Å². The zero-order valence-electron chi connectivity index (χ0n) is 14.8. The number of carboxylic acid groups (broad SMARTS) is 1. The van der Waals surface area contributed by atoms with Gasteiger partial charge in [0.25, 0.3) is 0 Å². The number of rotatable bonds is 10. The van der Waals surface area contributed by atoms with Crippen molar-refractivity contribution in [3.05, 3.63) is 23.3 Å². The van der Waals surface area contributed by atoms with Crippen molar-refractivity contribution in [2.24, 2.45) is 5.73 Å². The van der Waals surface area contributed by atoms with Crippen LogP contribution in [0.15, 0.2) is 12.1 Å². The Morgan fingerprint density at radius 2 is 2.08 bits per heavy atom. The number of nitrogens with zero attached hydrogens (tertiary/aromatic N) is 1. The van der Waals surface area contributed by atoms with Crippen LogP contribution in [0.4, 0.5) is 0 Å². The minimum absolute atomic E-state index is 0.0528. The van der Waals surface area contributed by atoms with Crippen LogP contribution >= 0.6 is 0 Å². The molecule has 1 aliphatic heterocycles. The first-order valence-electron chi connectivity index (χ1n) is 8.68. The summed E-state index contributed by atoms with van der Waals surface area (Å²) in [6, 6.07) is 3.28. The van der Waals surface area contributed by atoms with Gasteiger partial charge < -0.3 is 30.2 Å². The standard InChI is InChI=1S/C17H24BN2O6/c1-2-11-6-7-13(15(17(22)23)16(11)26-18-24)25-12-9-20(10-12)14(21)5-3-4-8-19/h6-7,12,24H,2-5,8-10,19H2,1H3,(H,22,23). The molecule has 1 aromatic rings. The lowest BCUT2D eigenvalue weighted by Gasteiger charge is -2.39. The van der Waals surface area contributed by atoms with Gasteiger partial charge in [-0.1, -0.05) is 13.0 Å². The average molecular weight is 363 g/mol. The summed E-state index contributed by atoms with van der Waals surface area (Å²) in [5.41, 5.74) is 5.92. The predicted molar refractivity (Wildman–Crippen MR) is 95.3 cm³/mol. The number of aryl methyl sites for hydroxylation is 1. The Bertz CT molecular complexity index is 648. The van der Waals surface area contributed by atoms with Crippen LogP contribution in [0.5, 0.6) is 11.5 Å². The highest BCUT2D eigenvalue weighted by atomic mass is 16.5. The highest BCUT2D eigenvalue weighted by molar-refractivity contribution is 6.18. The van der Waals surface area contributed by atoms with Crippen molar-refractivity contribution >= 4 is 19.6 Å². The molecule has 1 radical (unpaired) electrons. The van der Waals surface area contributed by atoms with Gasteiger partial charge in [0.05, 0.1) is 13.1 Å². The molecular weight excluding hydrogens is 339 g/mol. The van der Waals surface area contributed by atoms with E-state index in [1.807, 2.05) is 6.92 Å². The van der Waals surface area contributed by atoms with Crippen LogP contribution < -0.4 is 15.1 Å². The maximum absolute atomic E-state index is 12.0. The smallest absolute Gasteiger partial charge is 0.536 e. The van der Waals surface area contributed by atoms with Crippen molar-refractivity contribution in [1.82, 2.24) is 4.90 Å². The van der Waals surface area contributed by atoms with Crippen molar-refractivity contribution in [2.75, 3.05) is 19.6 Å². The monoisotopic (exact) mass is 363 g/mol. The number of hydrogen-bond acceptors (Lipinski definition) is 6. The highest BCUT2D eigenvalue weighted by Gasteiger charge is 2.33. The van der Waals surface area contributed by atoms with E-state index < -0.39 is 5.97 Å². The number of carboxylic acids is 1. The SMILES string of the molecule is CCc1ccc(OC2CN(C(=O)CCCCN)C2)c(C(=O)O)c1O[B]O. The van der Waals surface area contributed by atoms with Crippen molar-refractivity contribution in [1.29, 1.82) is 0 Å². The number of nitrogens with two attached hydrogens (primary N) is 1. The van der Waals surface area contributed by atoms with E-state index in [4.69, 9.17) is 20.1 Å². The van der Waals surface area contributed by atoms with Crippen molar-refractivity contribution in [2.45, 2.75) is 38.7 Å². The maximum Gasteiger partial charge on any atom is 0.569 e. The van der Waals surface area contributed by atoms with Crippen LogP contribution in [0.3, 0.4) is 0 Å². The molecule has 0 saturated carbocycles. The van der Waals surface area contributed by atoms with E-state index in [2.05, 4.69) is 0 Å². The molecule has 0 aromatic heterocycles. The average Bonchev–Trinajstić information content (AvgIpc) is 2.57. The van der Waals surface area contributed by atoms with E-state index >= 15 is 0 Å². The van der Waals surface area contributed by atoms with Crippen molar-refractivity contribution in [3.63, 3.8) is 0 Å². The molecule has 1 aromatic carbocycles. The van der Waals surface area contributed by atoms with Gasteiger partial charge in [-0.15, -0.1) is 0 Å². The largest absolute Gasteiger partial charge is 0.569 e.